The molecule has 0 N–H and O–H groups in total. The molecule has 17 heavy (non-hydrogen) atoms. The SMILES string of the molecule is CC1COC(=O)N1Cc1ccccc1.CCC. The van der Waals surface area contributed by atoms with E-state index in [1.807, 2.05) is 37.3 Å². The molecule has 0 aliphatic carbocycles. The predicted octanol–water partition coefficient (Wildman–Crippen LogP) is 3.44. The molecule has 1 aliphatic heterocycles. The van der Waals surface area contributed by atoms with E-state index in [-0.39, 0.29) is 12.1 Å². The molecule has 1 aliphatic rings. The summed E-state index contributed by atoms with van der Waals surface area (Å²) < 4.78 is 4.94. The fraction of sp³-hybridized carbons (Fsp3) is 0.500. The van der Waals surface area contributed by atoms with Gasteiger partial charge in [-0.3, -0.25) is 4.90 Å². The highest BCUT2D eigenvalue weighted by molar-refractivity contribution is 5.70. The average Bonchev–Trinajstić information content (AvgIpc) is 2.63. The van der Waals surface area contributed by atoms with Crippen LogP contribution in [-0.4, -0.2) is 23.6 Å². The van der Waals surface area contributed by atoms with Crippen LogP contribution in [0.2, 0.25) is 0 Å². The second kappa shape index (κ2) is 6.94. The topological polar surface area (TPSA) is 29.5 Å². The lowest BCUT2D eigenvalue weighted by Gasteiger charge is -2.17. The minimum Gasteiger partial charge on any atom is -0.447 e. The van der Waals surface area contributed by atoms with Crippen molar-refractivity contribution >= 4 is 6.09 Å². The molecule has 1 aromatic carbocycles. The molecule has 0 aromatic heterocycles. The van der Waals surface area contributed by atoms with E-state index in [0.29, 0.717) is 13.2 Å². The van der Waals surface area contributed by atoms with E-state index < -0.39 is 0 Å². The zero-order valence-corrected chi connectivity index (χ0v) is 10.8. The van der Waals surface area contributed by atoms with Crippen LogP contribution in [0.5, 0.6) is 0 Å². The molecule has 0 bridgehead atoms. The summed E-state index contributed by atoms with van der Waals surface area (Å²) in [6.45, 7) is 7.39. The fourth-order valence-corrected chi connectivity index (χ4v) is 1.55. The number of benzene rings is 1. The van der Waals surface area contributed by atoms with Crippen LogP contribution >= 0.6 is 0 Å². The van der Waals surface area contributed by atoms with E-state index in [9.17, 15) is 4.79 Å². The Balaban J connectivity index is 0.000000437. The number of carbonyl (C=O) groups excluding carboxylic acids is 1. The lowest BCUT2D eigenvalue weighted by Crippen LogP contribution is -2.30. The maximum Gasteiger partial charge on any atom is 0.410 e. The first-order valence-corrected chi connectivity index (χ1v) is 6.16. The van der Waals surface area contributed by atoms with Gasteiger partial charge in [-0.1, -0.05) is 50.6 Å². The van der Waals surface area contributed by atoms with Crippen LogP contribution in [0.4, 0.5) is 4.79 Å². The van der Waals surface area contributed by atoms with Crippen molar-refractivity contribution in [3.8, 4) is 0 Å². The van der Waals surface area contributed by atoms with Gasteiger partial charge < -0.3 is 4.74 Å². The van der Waals surface area contributed by atoms with Crippen LogP contribution in [0.1, 0.15) is 32.8 Å². The normalized spacial score (nSPS) is 18.4. The van der Waals surface area contributed by atoms with Gasteiger partial charge in [0, 0.05) is 6.54 Å². The van der Waals surface area contributed by atoms with Gasteiger partial charge in [-0.2, -0.15) is 0 Å². The zero-order chi connectivity index (χ0) is 12.7. The number of amides is 1. The summed E-state index contributed by atoms with van der Waals surface area (Å²) in [4.78, 5) is 13.0. The largest absolute Gasteiger partial charge is 0.447 e. The van der Waals surface area contributed by atoms with Crippen molar-refractivity contribution in [1.82, 2.24) is 4.90 Å². The first-order chi connectivity index (χ1) is 8.19. The molecule has 0 spiro atoms. The Morgan fingerprint density at radius 1 is 1.29 bits per heavy atom. The highest BCUT2D eigenvalue weighted by atomic mass is 16.6. The second-order valence-electron chi connectivity index (χ2n) is 4.25. The van der Waals surface area contributed by atoms with Gasteiger partial charge in [-0.05, 0) is 12.5 Å². The molecule has 1 heterocycles. The molecule has 3 nitrogen and oxygen atoms in total. The second-order valence-corrected chi connectivity index (χ2v) is 4.25. The van der Waals surface area contributed by atoms with Crippen LogP contribution in [-0.2, 0) is 11.3 Å². The standard InChI is InChI=1S/C11H13NO2.C3H8/c1-9-8-14-11(13)12(9)7-10-5-3-2-4-6-10;1-3-2/h2-6,9H,7-8H2,1H3;3H2,1-2H3. The Kier molecular flexibility index (Phi) is 5.53. The summed E-state index contributed by atoms with van der Waals surface area (Å²) in [6, 6.07) is 10.1. The number of hydrogen-bond donors (Lipinski definition) is 0. The summed E-state index contributed by atoms with van der Waals surface area (Å²) in [6.07, 6.45) is 1.04. The maximum atomic E-state index is 11.3. The van der Waals surface area contributed by atoms with Crippen LogP contribution in [0.15, 0.2) is 30.3 Å². The molecule has 1 saturated heterocycles. The van der Waals surface area contributed by atoms with Crippen molar-refractivity contribution < 1.29 is 9.53 Å². The molecule has 94 valence electrons. The summed E-state index contributed by atoms with van der Waals surface area (Å²) in [5.41, 5.74) is 1.14. The van der Waals surface area contributed by atoms with Crippen molar-refractivity contribution in [3.05, 3.63) is 35.9 Å². The Hall–Kier alpha value is -1.51. The molecule has 1 unspecified atom stereocenters. The molecule has 2 rings (SSSR count). The molecule has 0 saturated carbocycles. The van der Waals surface area contributed by atoms with Crippen LogP contribution in [0, 0.1) is 0 Å². The molecular weight excluding hydrogens is 214 g/mol. The molecule has 3 heteroatoms. The Labute approximate surface area is 103 Å². The first-order valence-electron chi connectivity index (χ1n) is 6.16. The summed E-state index contributed by atoms with van der Waals surface area (Å²) in [7, 11) is 0. The van der Waals surface area contributed by atoms with E-state index >= 15 is 0 Å². The summed E-state index contributed by atoms with van der Waals surface area (Å²) in [5.74, 6) is 0. The van der Waals surface area contributed by atoms with E-state index in [1.165, 1.54) is 6.42 Å². The lowest BCUT2D eigenvalue weighted by molar-refractivity contribution is 0.156. The third kappa shape index (κ3) is 4.10. The average molecular weight is 235 g/mol. The molecule has 1 aromatic rings. The van der Waals surface area contributed by atoms with Crippen LogP contribution < -0.4 is 0 Å². The third-order valence-corrected chi connectivity index (χ3v) is 2.41. The quantitative estimate of drug-likeness (QED) is 0.785. The van der Waals surface area contributed by atoms with Crippen molar-refractivity contribution in [3.63, 3.8) is 0 Å². The number of carbonyl (C=O) groups is 1. The van der Waals surface area contributed by atoms with Crippen molar-refractivity contribution in [2.75, 3.05) is 6.61 Å². The van der Waals surface area contributed by atoms with Gasteiger partial charge in [0.05, 0.1) is 6.04 Å². The molecule has 1 fully saturated rings. The smallest absolute Gasteiger partial charge is 0.410 e. The van der Waals surface area contributed by atoms with E-state index in [0.717, 1.165) is 5.56 Å². The van der Waals surface area contributed by atoms with Gasteiger partial charge in [0.1, 0.15) is 6.61 Å². The fourth-order valence-electron chi connectivity index (χ4n) is 1.55. The zero-order valence-electron chi connectivity index (χ0n) is 10.8. The molecular formula is C14H21NO2. The number of ether oxygens (including phenoxy) is 1. The Morgan fingerprint density at radius 2 is 1.88 bits per heavy atom. The number of hydrogen-bond acceptors (Lipinski definition) is 2. The van der Waals surface area contributed by atoms with Gasteiger partial charge in [0.2, 0.25) is 0 Å². The molecule has 1 atom stereocenters. The van der Waals surface area contributed by atoms with Crippen molar-refractivity contribution in [2.45, 2.75) is 39.8 Å². The van der Waals surface area contributed by atoms with Gasteiger partial charge in [-0.15, -0.1) is 0 Å². The monoisotopic (exact) mass is 235 g/mol. The highest BCUT2D eigenvalue weighted by Gasteiger charge is 2.28. The highest BCUT2D eigenvalue weighted by Crippen LogP contribution is 2.15. The third-order valence-electron chi connectivity index (χ3n) is 2.41. The summed E-state index contributed by atoms with van der Waals surface area (Å²) in [5, 5.41) is 0. The number of nitrogens with zero attached hydrogens (tertiary/aromatic N) is 1. The minimum atomic E-state index is -0.207. The van der Waals surface area contributed by atoms with E-state index in [1.54, 1.807) is 4.90 Å². The van der Waals surface area contributed by atoms with Crippen molar-refractivity contribution in [2.24, 2.45) is 0 Å². The van der Waals surface area contributed by atoms with Gasteiger partial charge >= 0.3 is 6.09 Å². The Morgan fingerprint density at radius 3 is 2.35 bits per heavy atom. The van der Waals surface area contributed by atoms with Gasteiger partial charge in [0.25, 0.3) is 0 Å². The summed E-state index contributed by atoms with van der Waals surface area (Å²) >= 11 is 0. The van der Waals surface area contributed by atoms with Crippen LogP contribution in [0.3, 0.4) is 0 Å². The lowest BCUT2D eigenvalue weighted by atomic mass is 10.2. The molecule has 0 radical (unpaired) electrons. The first kappa shape index (κ1) is 13.6. The van der Waals surface area contributed by atoms with Gasteiger partial charge in [-0.25, -0.2) is 4.79 Å². The van der Waals surface area contributed by atoms with E-state index in [4.69, 9.17) is 4.74 Å². The predicted molar refractivity (Wildman–Crippen MR) is 68.8 cm³/mol. The molecule has 1 amide bonds. The van der Waals surface area contributed by atoms with Crippen molar-refractivity contribution in [1.29, 1.82) is 0 Å². The number of cyclic esters (lactones) is 1. The van der Waals surface area contributed by atoms with E-state index in [2.05, 4.69) is 13.8 Å². The number of rotatable bonds is 2. The Bertz CT molecular complexity index is 337. The van der Waals surface area contributed by atoms with Crippen LogP contribution in [0.25, 0.3) is 0 Å². The minimum absolute atomic E-state index is 0.183. The maximum absolute atomic E-state index is 11.3. The van der Waals surface area contributed by atoms with Gasteiger partial charge in [0.15, 0.2) is 0 Å².